The number of halogens is 3. The maximum absolute atomic E-state index is 13.4. The smallest absolute Gasteiger partial charge is 0.140 e. The molecule has 1 nitrogen and oxygen atoms in total. The van der Waals surface area contributed by atoms with Gasteiger partial charge in [0, 0.05) is 15.9 Å². The highest BCUT2D eigenvalue weighted by Gasteiger charge is 2.07. The second kappa shape index (κ2) is 5.46. The van der Waals surface area contributed by atoms with Crippen molar-refractivity contribution in [3.63, 3.8) is 0 Å². The maximum atomic E-state index is 13.4. The van der Waals surface area contributed by atoms with E-state index in [-0.39, 0.29) is 11.5 Å². The largest absolute Gasteiger partial charge is 0.392 e. The Labute approximate surface area is 106 Å². The molecule has 0 heterocycles. The molecule has 0 radical (unpaired) electrons. The lowest BCUT2D eigenvalue weighted by Crippen LogP contribution is -1.88. The van der Waals surface area contributed by atoms with Crippen LogP contribution >= 0.6 is 11.8 Å². The van der Waals surface area contributed by atoms with Gasteiger partial charge in [0.25, 0.3) is 0 Å². The normalized spacial score (nSPS) is 10.7. The van der Waals surface area contributed by atoms with E-state index in [9.17, 15) is 13.2 Å². The summed E-state index contributed by atoms with van der Waals surface area (Å²) in [6, 6.07) is 7.18. The van der Waals surface area contributed by atoms with E-state index in [1.54, 1.807) is 6.07 Å². The summed E-state index contributed by atoms with van der Waals surface area (Å²) in [7, 11) is 0. The molecule has 0 unspecified atom stereocenters. The first-order chi connectivity index (χ1) is 8.58. The maximum Gasteiger partial charge on any atom is 0.140 e. The fourth-order valence-electron chi connectivity index (χ4n) is 1.46. The summed E-state index contributed by atoms with van der Waals surface area (Å²) in [5.41, 5.74) is 0.403. The monoisotopic (exact) mass is 270 g/mol. The molecule has 0 saturated heterocycles. The van der Waals surface area contributed by atoms with Crippen molar-refractivity contribution in [1.29, 1.82) is 0 Å². The van der Waals surface area contributed by atoms with E-state index in [1.165, 1.54) is 18.2 Å². The Bertz CT molecular complexity index is 572. The molecule has 94 valence electrons. The molecule has 5 heteroatoms. The van der Waals surface area contributed by atoms with Crippen molar-refractivity contribution >= 4 is 11.8 Å². The van der Waals surface area contributed by atoms with Crippen LogP contribution in [-0.2, 0) is 6.61 Å². The van der Waals surface area contributed by atoms with Gasteiger partial charge in [0.2, 0.25) is 0 Å². The Morgan fingerprint density at radius 2 is 1.72 bits per heavy atom. The fourth-order valence-corrected chi connectivity index (χ4v) is 2.38. The molecule has 0 bridgehead atoms. The van der Waals surface area contributed by atoms with Crippen molar-refractivity contribution in [2.45, 2.75) is 16.4 Å². The van der Waals surface area contributed by atoms with E-state index < -0.39 is 17.5 Å². The van der Waals surface area contributed by atoms with Crippen LogP contribution in [0.2, 0.25) is 0 Å². The molecule has 0 atom stereocenters. The number of hydrogen-bond donors (Lipinski definition) is 1. The summed E-state index contributed by atoms with van der Waals surface area (Å²) in [5, 5.41) is 8.94. The predicted octanol–water partition coefficient (Wildman–Crippen LogP) is 3.75. The van der Waals surface area contributed by atoms with E-state index in [1.807, 2.05) is 0 Å². The van der Waals surface area contributed by atoms with Gasteiger partial charge >= 0.3 is 0 Å². The standard InChI is InChI=1S/C13H9F3OS/c14-9-1-2-13(12(16)6-9)18-11-4-8(7-17)3-10(15)5-11/h1-6,17H,7H2. The fraction of sp³-hybridized carbons (Fsp3) is 0.0769. The average molecular weight is 270 g/mol. The topological polar surface area (TPSA) is 20.2 Å². The predicted molar refractivity (Wildman–Crippen MR) is 62.8 cm³/mol. The molecule has 0 fully saturated rings. The molecule has 18 heavy (non-hydrogen) atoms. The van der Waals surface area contributed by atoms with E-state index in [0.717, 1.165) is 23.9 Å². The highest BCUT2D eigenvalue weighted by molar-refractivity contribution is 7.99. The molecule has 0 aliphatic carbocycles. The number of benzene rings is 2. The van der Waals surface area contributed by atoms with Crippen molar-refractivity contribution in [2.24, 2.45) is 0 Å². The lowest BCUT2D eigenvalue weighted by atomic mass is 10.2. The van der Waals surface area contributed by atoms with Gasteiger partial charge in [0.05, 0.1) is 6.61 Å². The van der Waals surface area contributed by atoms with Crippen molar-refractivity contribution in [3.05, 3.63) is 59.4 Å². The number of rotatable bonds is 3. The van der Waals surface area contributed by atoms with Gasteiger partial charge in [-0.15, -0.1) is 0 Å². The van der Waals surface area contributed by atoms with Crippen LogP contribution in [0.5, 0.6) is 0 Å². The first kappa shape index (κ1) is 13.0. The minimum atomic E-state index is -0.699. The lowest BCUT2D eigenvalue weighted by Gasteiger charge is -2.05. The van der Waals surface area contributed by atoms with Crippen LogP contribution in [-0.4, -0.2) is 5.11 Å². The van der Waals surface area contributed by atoms with Gasteiger partial charge in [-0.2, -0.15) is 0 Å². The first-order valence-corrected chi connectivity index (χ1v) is 5.93. The van der Waals surface area contributed by atoms with Crippen LogP contribution < -0.4 is 0 Å². The Morgan fingerprint density at radius 1 is 0.944 bits per heavy atom. The van der Waals surface area contributed by atoms with E-state index >= 15 is 0 Å². The molecule has 0 aliphatic heterocycles. The van der Waals surface area contributed by atoms with Gasteiger partial charge in [-0.1, -0.05) is 11.8 Å². The van der Waals surface area contributed by atoms with Gasteiger partial charge in [-0.3, -0.25) is 0 Å². The van der Waals surface area contributed by atoms with Crippen LogP contribution in [0.25, 0.3) is 0 Å². The van der Waals surface area contributed by atoms with E-state index in [4.69, 9.17) is 5.11 Å². The van der Waals surface area contributed by atoms with Crippen LogP contribution in [0.15, 0.2) is 46.2 Å². The number of aliphatic hydroxyl groups is 1. The van der Waals surface area contributed by atoms with Gasteiger partial charge in [0.1, 0.15) is 17.5 Å². The molecule has 0 aliphatic rings. The third-order valence-corrected chi connectivity index (χ3v) is 3.26. The summed E-state index contributed by atoms with van der Waals surface area (Å²) < 4.78 is 39.3. The molecular formula is C13H9F3OS. The molecular weight excluding hydrogens is 261 g/mol. The third kappa shape index (κ3) is 3.05. The van der Waals surface area contributed by atoms with E-state index in [0.29, 0.717) is 10.5 Å². The summed E-state index contributed by atoms with van der Waals surface area (Å²) in [6.45, 7) is -0.294. The zero-order valence-corrected chi connectivity index (χ0v) is 9.98. The van der Waals surface area contributed by atoms with Crippen molar-refractivity contribution in [2.75, 3.05) is 0 Å². The molecule has 2 aromatic carbocycles. The summed E-state index contributed by atoms with van der Waals surface area (Å²) in [4.78, 5) is 0.649. The highest BCUT2D eigenvalue weighted by Crippen LogP contribution is 2.31. The second-order valence-corrected chi connectivity index (χ2v) is 4.75. The molecule has 0 saturated carbocycles. The minimum absolute atomic E-state index is 0.200. The third-order valence-electron chi connectivity index (χ3n) is 2.24. The number of aliphatic hydroxyl groups excluding tert-OH is 1. The van der Waals surface area contributed by atoms with E-state index in [2.05, 4.69) is 0 Å². The minimum Gasteiger partial charge on any atom is -0.392 e. The highest BCUT2D eigenvalue weighted by atomic mass is 32.2. The van der Waals surface area contributed by atoms with Crippen LogP contribution in [0.1, 0.15) is 5.56 Å². The summed E-state index contributed by atoms with van der Waals surface area (Å²) in [5.74, 6) is -1.87. The van der Waals surface area contributed by atoms with Crippen molar-refractivity contribution in [3.8, 4) is 0 Å². The van der Waals surface area contributed by atoms with Gasteiger partial charge in [-0.25, -0.2) is 13.2 Å². The lowest BCUT2D eigenvalue weighted by molar-refractivity contribution is 0.281. The molecule has 2 rings (SSSR count). The Morgan fingerprint density at radius 3 is 2.39 bits per heavy atom. The van der Waals surface area contributed by atoms with Crippen LogP contribution in [0, 0.1) is 17.5 Å². The summed E-state index contributed by atoms with van der Waals surface area (Å²) >= 11 is 0.974. The Kier molecular flexibility index (Phi) is 3.93. The quantitative estimate of drug-likeness (QED) is 0.916. The molecule has 1 N–H and O–H groups in total. The zero-order valence-electron chi connectivity index (χ0n) is 9.16. The van der Waals surface area contributed by atoms with Crippen molar-refractivity contribution < 1.29 is 18.3 Å². The van der Waals surface area contributed by atoms with Crippen LogP contribution in [0.3, 0.4) is 0 Å². The van der Waals surface area contributed by atoms with Crippen LogP contribution in [0.4, 0.5) is 13.2 Å². The molecule has 2 aromatic rings. The Hall–Kier alpha value is -1.46. The molecule has 0 spiro atoms. The molecule has 0 aromatic heterocycles. The SMILES string of the molecule is OCc1cc(F)cc(Sc2ccc(F)cc2F)c1. The second-order valence-electron chi connectivity index (χ2n) is 3.63. The van der Waals surface area contributed by atoms with Gasteiger partial charge in [0.15, 0.2) is 0 Å². The van der Waals surface area contributed by atoms with Crippen molar-refractivity contribution in [1.82, 2.24) is 0 Å². The Balaban J connectivity index is 2.30. The van der Waals surface area contributed by atoms with Gasteiger partial charge < -0.3 is 5.11 Å². The van der Waals surface area contributed by atoms with Gasteiger partial charge in [-0.05, 0) is 35.9 Å². The molecule has 0 amide bonds. The first-order valence-electron chi connectivity index (χ1n) is 5.12. The number of hydrogen-bond acceptors (Lipinski definition) is 2. The summed E-state index contributed by atoms with van der Waals surface area (Å²) in [6.07, 6.45) is 0. The zero-order chi connectivity index (χ0) is 13.1. The average Bonchev–Trinajstić information content (AvgIpc) is 2.32.